The smallest absolute Gasteiger partial charge is 0.412 e. The minimum Gasteiger partial charge on any atom is -0.445 e. The highest BCUT2D eigenvalue weighted by molar-refractivity contribution is 5.75. The van der Waals surface area contributed by atoms with E-state index in [1.165, 1.54) is 22.7 Å². The van der Waals surface area contributed by atoms with E-state index in [4.69, 9.17) is 9.47 Å². The minimum atomic E-state index is -1.40. The van der Waals surface area contributed by atoms with Crippen LogP contribution in [0.15, 0.2) is 6.20 Å². The fourth-order valence-corrected chi connectivity index (χ4v) is 2.91. The summed E-state index contributed by atoms with van der Waals surface area (Å²) in [6.07, 6.45) is -5.54. The first kappa shape index (κ1) is 18.5. The zero-order chi connectivity index (χ0) is 19.0. The molecule has 1 aromatic heterocycles. The second kappa shape index (κ2) is 7.15. The van der Waals surface area contributed by atoms with Gasteiger partial charge in [-0.1, -0.05) is 5.21 Å². The number of hydrogen-bond donors (Lipinski definition) is 4. The number of aromatic nitrogens is 3. The molecule has 0 unspecified atom stereocenters. The molecule has 2 aliphatic heterocycles. The van der Waals surface area contributed by atoms with Crippen LogP contribution in [-0.4, -0.2) is 84.4 Å². The van der Waals surface area contributed by atoms with Crippen LogP contribution in [0.25, 0.3) is 0 Å². The highest BCUT2D eigenvalue weighted by Gasteiger charge is 2.43. The number of carbonyl (C=O) groups excluding carboxylic acids is 2. The Morgan fingerprint density at radius 1 is 1.35 bits per heavy atom. The highest BCUT2D eigenvalue weighted by atomic mass is 16.6. The van der Waals surface area contributed by atoms with Gasteiger partial charge >= 0.3 is 6.09 Å². The van der Waals surface area contributed by atoms with Gasteiger partial charge in [-0.05, 0) is 6.92 Å². The zero-order valence-corrected chi connectivity index (χ0v) is 14.2. The predicted molar refractivity (Wildman–Crippen MR) is 82.1 cm³/mol. The number of cyclic esters (lactones) is 1. The highest BCUT2D eigenvalue weighted by Crippen LogP contribution is 2.27. The molecule has 26 heavy (non-hydrogen) atoms. The van der Waals surface area contributed by atoms with Crippen LogP contribution in [0.4, 0.5) is 4.79 Å². The molecule has 0 aromatic carbocycles. The monoisotopic (exact) mass is 371 g/mol. The average molecular weight is 371 g/mol. The normalized spacial score (nSPS) is 34.7. The maximum Gasteiger partial charge on any atom is 0.412 e. The molecule has 6 atom stereocenters. The van der Waals surface area contributed by atoms with Crippen molar-refractivity contribution in [2.45, 2.75) is 57.2 Å². The van der Waals surface area contributed by atoms with Crippen LogP contribution >= 0.6 is 0 Å². The standard InChI is InChI=1S/C14H21N5O7/c1-6-10(21)11(22)12(23)13(26-6)19-4-8(16-17-19)3-18-9(15-7(2)20)5-25-14(18)24/h4,6,9-13,21-23H,3,5H2,1-2H3,(H,15,20)/t6-,9-,10-,11+,12+,13+/m0/s1. The number of amides is 2. The molecule has 2 saturated heterocycles. The van der Waals surface area contributed by atoms with Gasteiger partial charge in [0.05, 0.1) is 18.8 Å². The Morgan fingerprint density at radius 3 is 2.77 bits per heavy atom. The molecule has 1 aromatic rings. The molecule has 2 fully saturated rings. The summed E-state index contributed by atoms with van der Waals surface area (Å²) in [7, 11) is 0. The number of hydrogen-bond acceptors (Lipinski definition) is 9. The number of ether oxygens (including phenoxy) is 2. The third-order valence-corrected chi connectivity index (χ3v) is 4.32. The number of carbonyl (C=O) groups is 2. The van der Waals surface area contributed by atoms with Crippen LogP contribution in [0.2, 0.25) is 0 Å². The summed E-state index contributed by atoms with van der Waals surface area (Å²) in [6, 6.07) is 0. The van der Waals surface area contributed by atoms with Crippen molar-refractivity contribution >= 4 is 12.0 Å². The number of rotatable bonds is 4. The lowest BCUT2D eigenvalue weighted by atomic mass is 9.99. The van der Waals surface area contributed by atoms with Gasteiger partial charge in [0, 0.05) is 6.92 Å². The van der Waals surface area contributed by atoms with E-state index in [1.807, 2.05) is 0 Å². The first-order chi connectivity index (χ1) is 12.3. The van der Waals surface area contributed by atoms with Crippen LogP contribution in [0.3, 0.4) is 0 Å². The van der Waals surface area contributed by atoms with Crippen molar-refractivity contribution in [3.63, 3.8) is 0 Å². The van der Waals surface area contributed by atoms with Gasteiger partial charge in [0.1, 0.15) is 36.8 Å². The van der Waals surface area contributed by atoms with Crippen molar-refractivity contribution in [3.8, 4) is 0 Å². The lowest BCUT2D eigenvalue weighted by Gasteiger charge is -2.38. The van der Waals surface area contributed by atoms with Gasteiger partial charge in [-0.2, -0.15) is 0 Å². The third kappa shape index (κ3) is 3.49. The maximum atomic E-state index is 11.8. The van der Waals surface area contributed by atoms with E-state index in [1.54, 1.807) is 6.92 Å². The second-order valence-corrected chi connectivity index (χ2v) is 6.31. The van der Waals surface area contributed by atoms with Crippen LogP contribution < -0.4 is 5.32 Å². The van der Waals surface area contributed by atoms with E-state index in [9.17, 15) is 24.9 Å². The largest absolute Gasteiger partial charge is 0.445 e. The van der Waals surface area contributed by atoms with Crippen molar-refractivity contribution in [1.29, 1.82) is 0 Å². The molecular weight excluding hydrogens is 350 g/mol. The minimum absolute atomic E-state index is 0.0212. The fourth-order valence-electron chi connectivity index (χ4n) is 2.91. The summed E-state index contributed by atoms with van der Waals surface area (Å²) in [5, 5.41) is 40.1. The molecule has 0 spiro atoms. The van der Waals surface area contributed by atoms with E-state index in [0.717, 1.165) is 0 Å². The SMILES string of the molecule is CC(=O)N[C@@H]1COC(=O)N1Cc1cn([C@@H]2O[C@@H](C)[C@H](O)[C@@H](O)[C@H]2O)nn1. The van der Waals surface area contributed by atoms with Crippen LogP contribution in [0, 0.1) is 0 Å². The molecule has 12 nitrogen and oxygen atoms in total. The molecule has 3 rings (SSSR count). The Bertz CT molecular complexity index is 682. The molecule has 0 radical (unpaired) electrons. The van der Waals surface area contributed by atoms with Crippen molar-refractivity contribution in [3.05, 3.63) is 11.9 Å². The zero-order valence-electron chi connectivity index (χ0n) is 14.2. The first-order valence-corrected chi connectivity index (χ1v) is 8.08. The quantitative estimate of drug-likeness (QED) is 0.456. The molecule has 4 N–H and O–H groups in total. The predicted octanol–water partition coefficient (Wildman–Crippen LogP) is -2.31. The second-order valence-electron chi connectivity index (χ2n) is 6.31. The van der Waals surface area contributed by atoms with Gasteiger partial charge in [0.15, 0.2) is 6.23 Å². The van der Waals surface area contributed by atoms with E-state index in [2.05, 4.69) is 15.6 Å². The molecule has 0 aliphatic carbocycles. The number of nitrogens with one attached hydrogen (secondary N) is 1. The van der Waals surface area contributed by atoms with Crippen LogP contribution in [0.1, 0.15) is 25.8 Å². The van der Waals surface area contributed by atoms with E-state index in [0.29, 0.717) is 5.69 Å². The molecule has 0 bridgehead atoms. The Labute approximate surface area is 148 Å². The molecule has 144 valence electrons. The van der Waals surface area contributed by atoms with Crippen molar-refractivity contribution in [2.75, 3.05) is 6.61 Å². The van der Waals surface area contributed by atoms with E-state index in [-0.39, 0.29) is 19.1 Å². The van der Waals surface area contributed by atoms with Crippen molar-refractivity contribution in [1.82, 2.24) is 25.2 Å². The summed E-state index contributed by atoms with van der Waals surface area (Å²) >= 11 is 0. The Kier molecular flexibility index (Phi) is 5.09. The van der Waals surface area contributed by atoms with E-state index < -0.39 is 42.9 Å². The van der Waals surface area contributed by atoms with Crippen LogP contribution in [-0.2, 0) is 20.8 Å². The van der Waals surface area contributed by atoms with Gasteiger partial charge in [-0.25, -0.2) is 9.48 Å². The Balaban J connectivity index is 1.71. The van der Waals surface area contributed by atoms with Gasteiger partial charge in [-0.15, -0.1) is 5.10 Å². The number of aliphatic hydroxyl groups excluding tert-OH is 3. The molecule has 0 saturated carbocycles. The van der Waals surface area contributed by atoms with Crippen LogP contribution in [0.5, 0.6) is 0 Å². The van der Waals surface area contributed by atoms with Crippen molar-refractivity contribution in [2.24, 2.45) is 0 Å². The summed E-state index contributed by atoms with van der Waals surface area (Å²) in [6.45, 7) is 2.94. The molecule has 3 heterocycles. The van der Waals surface area contributed by atoms with Gasteiger partial charge < -0.3 is 30.1 Å². The maximum absolute atomic E-state index is 11.8. The Morgan fingerprint density at radius 2 is 2.08 bits per heavy atom. The topological polar surface area (TPSA) is 159 Å². The lowest BCUT2D eigenvalue weighted by Crippen LogP contribution is -2.54. The molecule has 12 heteroatoms. The molecule has 2 aliphatic rings. The number of aliphatic hydroxyl groups is 3. The average Bonchev–Trinajstić information content (AvgIpc) is 3.18. The third-order valence-electron chi connectivity index (χ3n) is 4.32. The van der Waals surface area contributed by atoms with Gasteiger partial charge in [-0.3, -0.25) is 9.69 Å². The molecule has 2 amide bonds. The van der Waals surface area contributed by atoms with E-state index >= 15 is 0 Å². The first-order valence-electron chi connectivity index (χ1n) is 8.08. The number of nitrogens with zero attached hydrogens (tertiary/aromatic N) is 4. The molecular formula is C14H21N5O7. The van der Waals surface area contributed by atoms with Crippen molar-refractivity contribution < 1.29 is 34.4 Å². The van der Waals surface area contributed by atoms with Gasteiger partial charge in [0.25, 0.3) is 0 Å². The summed E-state index contributed by atoms with van der Waals surface area (Å²) in [5.74, 6) is -0.304. The van der Waals surface area contributed by atoms with Gasteiger partial charge in [0.2, 0.25) is 5.91 Å². The summed E-state index contributed by atoms with van der Waals surface area (Å²) in [4.78, 5) is 24.3. The summed E-state index contributed by atoms with van der Waals surface area (Å²) in [5.41, 5.74) is 0.364. The fraction of sp³-hybridized carbons (Fsp3) is 0.714. The Hall–Kier alpha value is -2.28. The summed E-state index contributed by atoms with van der Waals surface area (Å²) < 4.78 is 11.6. The lowest BCUT2D eigenvalue weighted by molar-refractivity contribution is -0.243.